The minimum atomic E-state index is -0.302. The van der Waals surface area contributed by atoms with Crippen LogP contribution in [0.3, 0.4) is 0 Å². The topological polar surface area (TPSA) is 55.2 Å². The van der Waals surface area contributed by atoms with Crippen molar-refractivity contribution in [2.24, 2.45) is 5.92 Å². The highest BCUT2D eigenvalue weighted by atomic mass is 16.6. The smallest absolute Gasteiger partial charge is 0.292 e. The molecule has 2 saturated heterocycles. The third-order valence-electron chi connectivity index (χ3n) is 5.66. The van der Waals surface area contributed by atoms with E-state index in [9.17, 15) is 10.1 Å². The number of rotatable bonds is 4. The summed E-state index contributed by atoms with van der Waals surface area (Å²) in [6.07, 6.45) is 6.50. The van der Waals surface area contributed by atoms with Gasteiger partial charge in [0.15, 0.2) is 0 Å². The van der Waals surface area contributed by atoms with Crippen LogP contribution in [0.15, 0.2) is 24.3 Å². The van der Waals surface area contributed by atoms with Crippen molar-refractivity contribution < 1.29 is 9.41 Å². The molecule has 1 aromatic carbocycles. The summed E-state index contributed by atoms with van der Waals surface area (Å²) < 4.78 is 1.21. The highest BCUT2D eigenvalue weighted by Gasteiger charge is 2.43. The maximum absolute atomic E-state index is 11.1. The number of fused-ring (bicyclic) bond motifs is 1. The van der Waals surface area contributed by atoms with Crippen molar-refractivity contribution >= 4 is 11.4 Å². The highest BCUT2D eigenvalue weighted by Crippen LogP contribution is 2.36. The van der Waals surface area contributed by atoms with Crippen LogP contribution in [0.25, 0.3) is 0 Å². The number of hydrogen-bond acceptors (Lipinski definition) is 3. The molecule has 0 bridgehead atoms. The largest absolute Gasteiger partial charge is 0.379 e. The van der Waals surface area contributed by atoms with Gasteiger partial charge in [-0.1, -0.05) is 12.1 Å². The van der Waals surface area contributed by atoms with E-state index in [4.69, 9.17) is 0 Å². The van der Waals surface area contributed by atoms with Gasteiger partial charge in [0.2, 0.25) is 0 Å². The Labute approximate surface area is 132 Å². The van der Waals surface area contributed by atoms with E-state index in [1.54, 1.807) is 12.1 Å². The molecule has 5 heteroatoms. The maximum atomic E-state index is 11.1. The zero-order valence-electron chi connectivity index (χ0n) is 13.3. The Hall–Kier alpha value is -1.62. The summed E-state index contributed by atoms with van der Waals surface area (Å²) in [5.41, 5.74) is 0.835. The Morgan fingerprint density at radius 1 is 1.23 bits per heavy atom. The SMILES string of the molecule is C[N+]12CCCC[C@@H]1[C@H](CNc1ccccc1[N+](=O)[O-])CCC2. The highest BCUT2D eigenvalue weighted by molar-refractivity contribution is 5.61. The van der Waals surface area contributed by atoms with E-state index < -0.39 is 0 Å². The lowest BCUT2D eigenvalue weighted by atomic mass is 9.81. The van der Waals surface area contributed by atoms with Crippen molar-refractivity contribution in [3.63, 3.8) is 0 Å². The number of nitro groups is 1. The van der Waals surface area contributed by atoms with Crippen molar-refractivity contribution in [3.8, 4) is 0 Å². The molecule has 120 valence electrons. The number of anilines is 1. The fourth-order valence-electron chi connectivity index (χ4n) is 4.49. The van der Waals surface area contributed by atoms with E-state index in [1.165, 1.54) is 49.7 Å². The number of nitro benzene ring substituents is 1. The molecule has 5 nitrogen and oxygen atoms in total. The molecule has 2 heterocycles. The minimum absolute atomic E-state index is 0.180. The summed E-state index contributed by atoms with van der Waals surface area (Å²) in [6.45, 7) is 3.45. The molecule has 1 N–H and O–H groups in total. The average Bonchev–Trinajstić information content (AvgIpc) is 2.52. The van der Waals surface area contributed by atoms with Crippen molar-refractivity contribution in [3.05, 3.63) is 34.4 Å². The summed E-state index contributed by atoms with van der Waals surface area (Å²) in [7, 11) is 2.40. The number of quaternary nitrogens is 1. The maximum Gasteiger partial charge on any atom is 0.292 e. The quantitative estimate of drug-likeness (QED) is 0.527. The van der Waals surface area contributed by atoms with Crippen LogP contribution in [0.2, 0.25) is 0 Å². The zero-order chi connectivity index (χ0) is 15.6. The molecule has 0 amide bonds. The van der Waals surface area contributed by atoms with Crippen LogP contribution in [-0.2, 0) is 0 Å². The van der Waals surface area contributed by atoms with E-state index in [0.29, 0.717) is 11.6 Å². The second kappa shape index (κ2) is 6.24. The predicted octanol–water partition coefficient (Wildman–Crippen LogP) is 3.42. The lowest BCUT2D eigenvalue weighted by Gasteiger charge is -2.51. The van der Waals surface area contributed by atoms with Crippen LogP contribution >= 0.6 is 0 Å². The molecule has 3 atom stereocenters. The van der Waals surface area contributed by atoms with Crippen LogP contribution < -0.4 is 5.32 Å². The van der Waals surface area contributed by atoms with Gasteiger partial charge in [-0.2, -0.15) is 0 Å². The lowest BCUT2D eigenvalue weighted by molar-refractivity contribution is -0.946. The molecule has 2 aliphatic heterocycles. The first-order valence-electron chi connectivity index (χ1n) is 8.42. The van der Waals surface area contributed by atoms with Gasteiger partial charge >= 0.3 is 0 Å². The molecular formula is C17H26N3O2+. The molecule has 0 aliphatic carbocycles. The van der Waals surface area contributed by atoms with Crippen LogP contribution in [0.4, 0.5) is 11.4 Å². The number of hydrogen-bond donors (Lipinski definition) is 1. The fraction of sp³-hybridized carbons (Fsp3) is 0.647. The van der Waals surface area contributed by atoms with E-state index >= 15 is 0 Å². The normalized spacial score (nSPS) is 31.3. The molecule has 0 spiro atoms. The fourth-order valence-corrected chi connectivity index (χ4v) is 4.49. The molecule has 0 saturated carbocycles. The van der Waals surface area contributed by atoms with Crippen molar-refractivity contribution in [2.45, 2.75) is 38.1 Å². The number of nitrogens with one attached hydrogen (secondary N) is 1. The first kappa shape index (κ1) is 15.3. The van der Waals surface area contributed by atoms with E-state index in [2.05, 4.69) is 12.4 Å². The lowest BCUT2D eigenvalue weighted by Crippen LogP contribution is -2.61. The molecule has 0 aromatic heterocycles. The van der Waals surface area contributed by atoms with Crippen molar-refractivity contribution in [1.29, 1.82) is 0 Å². The Morgan fingerprint density at radius 3 is 2.82 bits per heavy atom. The van der Waals surface area contributed by atoms with Gasteiger partial charge in [-0.15, -0.1) is 0 Å². The van der Waals surface area contributed by atoms with Crippen LogP contribution in [-0.4, -0.2) is 42.1 Å². The molecule has 2 fully saturated rings. The molecule has 0 radical (unpaired) electrons. The van der Waals surface area contributed by atoms with Crippen molar-refractivity contribution in [2.75, 3.05) is 32.0 Å². The van der Waals surface area contributed by atoms with Gasteiger partial charge in [-0.25, -0.2) is 0 Å². The van der Waals surface area contributed by atoms with E-state index in [1.807, 2.05) is 12.1 Å². The van der Waals surface area contributed by atoms with Gasteiger partial charge < -0.3 is 9.80 Å². The predicted molar refractivity (Wildman–Crippen MR) is 87.9 cm³/mol. The first-order valence-corrected chi connectivity index (χ1v) is 8.42. The monoisotopic (exact) mass is 304 g/mol. The number of nitrogens with zero attached hydrogens (tertiary/aromatic N) is 2. The van der Waals surface area contributed by atoms with Gasteiger partial charge in [-0.05, 0) is 38.2 Å². The van der Waals surface area contributed by atoms with E-state index in [0.717, 1.165) is 12.6 Å². The standard InChI is InChI=1S/C17H26N3O2/c1-20-11-5-4-10-17(20)14(7-6-12-20)13-18-15-8-2-3-9-16(15)19(21)22/h2-3,8-9,14,17-18H,4-7,10-13H2,1H3/q+1/t14-,17+,20?/m0/s1. The van der Waals surface area contributed by atoms with Crippen LogP contribution in [0, 0.1) is 16.0 Å². The van der Waals surface area contributed by atoms with Gasteiger partial charge in [0.1, 0.15) is 5.69 Å². The summed E-state index contributed by atoms with van der Waals surface area (Å²) in [6, 6.07) is 7.69. The third kappa shape index (κ3) is 2.95. The number of piperidine rings is 2. The first-order chi connectivity index (χ1) is 10.6. The Morgan fingerprint density at radius 2 is 2.00 bits per heavy atom. The zero-order valence-corrected chi connectivity index (χ0v) is 13.3. The Kier molecular flexibility index (Phi) is 4.34. The average molecular weight is 304 g/mol. The second-order valence-corrected chi connectivity index (χ2v) is 7.05. The van der Waals surface area contributed by atoms with Gasteiger partial charge in [0, 0.05) is 18.5 Å². The number of para-hydroxylation sites is 2. The molecular weight excluding hydrogens is 278 g/mol. The minimum Gasteiger partial charge on any atom is -0.379 e. The van der Waals surface area contributed by atoms with Crippen LogP contribution in [0.5, 0.6) is 0 Å². The van der Waals surface area contributed by atoms with E-state index in [-0.39, 0.29) is 10.6 Å². The van der Waals surface area contributed by atoms with Crippen molar-refractivity contribution in [1.82, 2.24) is 0 Å². The Balaban J connectivity index is 1.69. The summed E-state index contributed by atoms with van der Waals surface area (Å²) in [5, 5.41) is 14.5. The Bertz CT molecular complexity index is 544. The van der Waals surface area contributed by atoms with Crippen LogP contribution in [0.1, 0.15) is 32.1 Å². The molecule has 1 unspecified atom stereocenters. The van der Waals surface area contributed by atoms with Gasteiger partial charge in [0.25, 0.3) is 5.69 Å². The number of benzene rings is 1. The molecule has 2 aliphatic rings. The second-order valence-electron chi connectivity index (χ2n) is 7.05. The molecule has 22 heavy (non-hydrogen) atoms. The summed E-state index contributed by atoms with van der Waals surface area (Å²) >= 11 is 0. The van der Waals surface area contributed by atoms with Gasteiger partial charge in [0.05, 0.1) is 31.1 Å². The summed E-state index contributed by atoms with van der Waals surface area (Å²) in [4.78, 5) is 10.8. The third-order valence-corrected chi connectivity index (χ3v) is 5.66. The summed E-state index contributed by atoms with van der Waals surface area (Å²) in [5.74, 6) is 0.624. The molecule has 3 rings (SSSR count). The van der Waals surface area contributed by atoms with Gasteiger partial charge in [-0.3, -0.25) is 10.1 Å². The molecule has 1 aromatic rings.